The van der Waals surface area contributed by atoms with Gasteiger partial charge < -0.3 is 0 Å². The van der Waals surface area contributed by atoms with Crippen LogP contribution >= 0.6 is 0 Å². The summed E-state index contributed by atoms with van der Waals surface area (Å²) in [6.07, 6.45) is 1.34. The van der Waals surface area contributed by atoms with E-state index in [1.54, 1.807) is 0 Å². The number of hydrogen-bond donors (Lipinski definition) is 0. The Morgan fingerprint density at radius 3 is 2.31 bits per heavy atom. The van der Waals surface area contributed by atoms with E-state index >= 15 is 0 Å². The molecule has 6 heteroatoms. The molecule has 0 aromatic carbocycles. The van der Waals surface area contributed by atoms with Crippen molar-refractivity contribution in [2.45, 2.75) is 12.5 Å². The van der Waals surface area contributed by atoms with Crippen molar-refractivity contribution in [1.29, 1.82) is 0 Å². The molecule has 0 spiro atoms. The molecule has 3 saturated heterocycles. The van der Waals surface area contributed by atoms with Gasteiger partial charge in [0.1, 0.15) is 9.84 Å². The molecule has 16 heavy (non-hydrogen) atoms. The molecule has 1 atom stereocenters. The lowest BCUT2D eigenvalue weighted by atomic mass is 10.0. The van der Waals surface area contributed by atoms with Crippen molar-refractivity contribution in [3.63, 3.8) is 0 Å². The first-order valence-corrected chi connectivity index (χ1v) is 7.68. The van der Waals surface area contributed by atoms with Crippen LogP contribution in [0.4, 0.5) is 0 Å². The molecule has 3 fully saturated rings. The summed E-state index contributed by atoms with van der Waals surface area (Å²) >= 11 is 0. The van der Waals surface area contributed by atoms with Gasteiger partial charge in [-0.2, -0.15) is 0 Å². The normalized spacial score (nSPS) is 33.9. The molecule has 2 bridgehead atoms. The van der Waals surface area contributed by atoms with Gasteiger partial charge in [-0.3, -0.25) is 14.6 Å². The summed E-state index contributed by atoms with van der Waals surface area (Å²) < 4.78 is 22.0. The number of carbonyl (C=O) groups is 1. The van der Waals surface area contributed by atoms with Crippen LogP contribution in [0.2, 0.25) is 0 Å². The molecule has 3 aliphatic rings. The Labute approximate surface area is 96.3 Å². The van der Waals surface area contributed by atoms with Gasteiger partial charge in [0.2, 0.25) is 0 Å². The predicted molar refractivity (Wildman–Crippen MR) is 61.1 cm³/mol. The largest absolute Gasteiger partial charge is 0.299 e. The van der Waals surface area contributed by atoms with E-state index in [2.05, 4.69) is 9.80 Å². The maximum Gasteiger partial charge on any atom is 0.152 e. The lowest BCUT2D eigenvalue weighted by Crippen LogP contribution is -2.63. The minimum Gasteiger partial charge on any atom is -0.299 e. The average Bonchev–Trinajstić information content (AvgIpc) is 2.26. The Balaban J connectivity index is 1.90. The van der Waals surface area contributed by atoms with E-state index in [1.807, 2.05) is 0 Å². The van der Waals surface area contributed by atoms with E-state index < -0.39 is 9.84 Å². The van der Waals surface area contributed by atoms with Gasteiger partial charge in [0, 0.05) is 45.4 Å². The molecule has 3 heterocycles. The van der Waals surface area contributed by atoms with Crippen LogP contribution in [0.25, 0.3) is 0 Å². The zero-order chi connectivity index (χ0) is 11.8. The van der Waals surface area contributed by atoms with Gasteiger partial charge in [0.25, 0.3) is 0 Å². The number of piperazine rings is 3. The summed E-state index contributed by atoms with van der Waals surface area (Å²) in [5.74, 6) is 0.0609. The molecule has 0 saturated carbocycles. The minimum atomic E-state index is -3.02. The van der Waals surface area contributed by atoms with Crippen molar-refractivity contribution in [3.8, 4) is 0 Å². The number of rotatable bonds is 4. The first-order valence-electron chi connectivity index (χ1n) is 5.62. The van der Waals surface area contributed by atoms with Crippen LogP contribution in [0.1, 0.15) is 6.42 Å². The van der Waals surface area contributed by atoms with Gasteiger partial charge in [-0.05, 0) is 0 Å². The molecular formula is C10H18N2O3S. The second-order valence-electron chi connectivity index (χ2n) is 4.70. The summed E-state index contributed by atoms with van der Waals surface area (Å²) in [4.78, 5) is 16.4. The standard InChI is InChI=1S/C10H18N2O3S/c1-16(14,15)7-2-10(13)9-8-11-3-5-12(9)6-4-11/h9H,2-8H2,1H3. The highest BCUT2D eigenvalue weighted by Crippen LogP contribution is 2.17. The van der Waals surface area contributed by atoms with Crippen LogP contribution in [0.15, 0.2) is 0 Å². The third kappa shape index (κ3) is 2.81. The summed E-state index contributed by atoms with van der Waals surface area (Å²) in [6.45, 7) is 4.73. The lowest BCUT2D eigenvalue weighted by molar-refractivity contribution is -0.129. The highest BCUT2D eigenvalue weighted by Gasteiger charge is 2.35. The zero-order valence-electron chi connectivity index (χ0n) is 9.55. The average molecular weight is 246 g/mol. The Bertz CT molecular complexity index is 372. The fourth-order valence-electron chi connectivity index (χ4n) is 2.38. The molecule has 0 aromatic heterocycles. The van der Waals surface area contributed by atoms with Crippen LogP contribution in [0, 0.1) is 0 Å². The second-order valence-corrected chi connectivity index (χ2v) is 6.96. The number of fused-ring (bicyclic) bond motifs is 3. The summed E-state index contributed by atoms with van der Waals surface area (Å²) in [7, 11) is -3.02. The topological polar surface area (TPSA) is 57.7 Å². The van der Waals surface area contributed by atoms with E-state index in [4.69, 9.17) is 0 Å². The second kappa shape index (κ2) is 4.43. The van der Waals surface area contributed by atoms with Gasteiger partial charge >= 0.3 is 0 Å². The molecule has 0 radical (unpaired) electrons. The molecule has 0 N–H and O–H groups in total. The maximum absolute atomic E-state index is 11.9. The molecule has 0 aliphatic carbocycles. The smallest absolute Gasteiger partial charge is 0.152 e. The molecule has 0 amide bonds. The van der Waals surface area contributed by atoms with Gasteiger partial charge in [-0.15, -0.1) is 0 Å². The molecule has 92 valence electrons. The number of sulfone groups is 1. The zero-order valence-corrected chi connectivity index (χ0v) is 10.4. The summed E-state index contributed by atoms with van der Waals surface area (Å²) in [5.41, 5.74) is 0. The Kier molecular flexibility index (Phi) is 3.32. The molecule has 5 nitrogen and oxygen atoms in total. The van der Waals surface area contributed by atoms with Crippen molar-refractivity contribution < 1.29 is 13.2 Å². The van der Waals surface area contributed by atoms with Crippen molar-refractivity contribution >= 4 is 15.6 Å². The number of Topliss-reactive ketones (excluding diaryl/α,β-unsaturated/α-hetero) is 1. The molecule has 3 aliphatic heterocycles. The van der Waals surface area contributed by atoms with E-state index in [-0.39, 0.29) is 24.0 Å². The van der Waals surface area contributed by atoms with Crippen molar-refractivity contribution in [3.05, 3.63) is 0 Å². The molecule has 3 rings (SSSR count). The third-order valence-corrected chi connectivity index (χ3v) is 4.32. The highest BCUT2D eigenvalue weighted by atomic mass is 32.2. The predicted octanol–water partition coefficient (Wildman–Crippen LogP) is -1.01. The Hall–Kier alpha value is -0.460. The summed E-state index contributed by atoms with van der Waals surface area (Å²) in [5, 5.41) is 0. The first kappa shape index (κ1) is 12.0. The van der Waals surface area contributed by atoms with E-state index in [9.17, 15) is 13.2 Å². The highest BCUT2D eigenvalue weighted by molar-refractivity contribution is 7.90. The fourth-order valence-corrected chi connectivity index (χ4v) is 2.95. The van der Waals surface area contributed by atoms with Crippen LogP contribution in [0.5, 0.6) is 0 Å². The molecule has 0 aromatic rings. The van der Waals surface area contributed by atoms with E-state index in [0.717, 1.165) is 32.7 Å². The van der Waals surface area contributed by atoms with Crippen molar-refractivity contribution in [2.75, 3.05) is 44.7 Å². The van der Waals surface area contributed by atoms with Crippen LogP contribution < -0.4 is 0 Å². The van der Waals surface area contributed by atoms with E-state index in [0.29, 0.717) is 0 Å². The molecule has 1 unspecified atom stereocenters. The summed E-state index contributed by atoms with van der Waals surface area (Å²) in [6, 6.07) is -0.0655. The Morgan fingerprint density at radius 1 is 1.25 bits per heavy atom. The lowest BCUT2D eigenvalue weighted by Gasteiger charge is -2.46. The van der Waals surface area contributed by atoms with Gasteiger partial charge in [0.15, 0.2) is 5.78 Å². The number of nitrogens with zero attached hydrogens (tertiary/aromatic N) is 2. The first-order chi connectivity index (χ1) is 7.46. The van der Waals surface area contributed by atoms with Crippen molar-refractivity contribution in [2.24, 2.45) is 0 Å². The fraction of sp³-hybridized carbons (Fsp3) is 0.900. The third-order valence-electron chi connectivity index (χ3n) is 3.37. The van der Waals surface area contributed by atoms with Crippen molar-refractivity contribution in [1.82, 2.24) is 9.80 Å². The van der Waals surface area contributed by atoms with Crippen LogP contribution in [0.3, 0.4) is 0 Å². The van der Waals surface area contributed by atoms with Gasteiger partial charge in [-0.1, -0.05) is 0 Å². The quantitative estimate of drug-likeness (QED) is 0.636. The maximum atomic E-state index is 11.9. The van der Waals surface area contributed by atoms with Gasteiger partial charge in [0.05, 0.1) is 11.8 Å². The monoisotopic (exact) mass is 246 g/mol. The van der Waals surface area contributed by atoms with Crippen LogP contribution in [-0.2, 0) is 14.6 Å². The number of hydrogen-bond acceptors (Lipinski definition) is 5. The van der Waals surface area contributed by atoms with Crippen LogP contribution in [-0.4, -0.2) is 74.8 Å². The minimum absolute atomic E-state index is 0.0177. The van der Waals surface area contributed by atoms with Gasteiger partial charge in [-0.25, -0.2) is 8.42 Å². The van der Waals surface area contributed by atoms with E-state index in [1.165, 1.54) is 6.26 Å². The molecular weight excluding hydrogens is 228 g/mol. The number of ketones is 1. The number of carbonyl (C=O) groups excluding carboxylic acids is 1. The SMILES string of the molecule is CS(=O)(=O)CCC(=O)C1CN2CCN1CC2. The Morgan fingerprint density at radius 2 is 1.88 bits per heavy atom.